The molecule has 2 N–H and O–H groups in total. The summed E-state index contributed by atoms with van der Waals surface area (Å²) in [6.07, 6.45) is 6.65. The molecule has 4 fully saturated rings. The molecule has 5 nitrogen and oxygen atoms in total. The number of rotatable bonds is 2. The van der Waals surface area contributed by atoms with E-state index in [9.17, 15) is 19.8 Å². The van der Waals surface area contributed by atoms with E-state index in [1.807, 2.05) is 6.08 Å². The van der Waals surface area contributed by atoms with Crippen molar-refractivity contribution in [3.8, 4) is 0 Å². The van der Waals surface area contributed by atoms with Gasteiger partial charge in [-0.2, -0.15) is 0 Å². The number of fused-ring (bicyclic) bond motifs is 4. The van der Waals surface area contributed by atoms with Crippen molar-refractivity contribution in [3.63, 3.8) is 0 Å². The fraction of sp³-hybridized carbons (Fsp3) is 0.800. The van der Waals surface area contributed by atoms with Crippen molar-refractivity contribution < 1.29 is 24.5 Å². The summed E-state index contributed by atoms with van der Waals surface area (Å²) in [5, 5.41) is 20.5. The van der Waals surface area contributed by atoms with E-state index in [2.05, 4.69) is 6.92 Å². The van der Waals surface area contributed by atoms with Gasteiger partial charge in [-0.3, -0.25) is 9.59 Å². The number of hydrogen-bond donors (Lipinski definition) is 2. The van der Waals surface area contributed by atoms with Gasteiger partial charge in [-0.25, -0.2) is 0 Å². The fourth-order valence-corrected chi connectivity index (χ4v) is 7.28. The standard InChI is InChI=1S/C20H26O5/c1-18-6-4-12(22)8-11(18)2-3-13-14-5-7-19(16(24)10-21)20(14,25-19)9-15(23)17(13)18/h8,13-15,17,21,23H,2-7,9-10H2,1H3/t13-,14?,15-,17?,18-,19-,20+/m0/s1. The van der Waals surface area contributed by atoms with E-state index in [1.54, 1.807) is 0 Å². The Hall–Kier alpha value is -1.04. The number of Topliss-reactive ketones (excluding diaryl/α,β-unsaturated/α-hetero) is 1. The highest BCUT2D eigenvalue weighted by atomic mass is 16.6. The Bertz CT molecular complexity index is 698. The van der Waals surface area contributed by atoms with Gasteiger partial charge in [0.1, 0.15) is 12.2 Å². The molecule has 7 atom stereocenters. The third kappa shape index (κ3) is 1.75. The largest absolute Gasteiger partial charge is 0.393 e. The Morgan fingerprint density at radius 1 is 1.32 bits per heavy atom. The zero-order valence-corrected chi connectivity index (χ0v) is 14.7. The summed E-state index contributed by atoms with van der Waals surface area (Å²) >= 11 is 0. The molecule has 0 aromatic heterocycles. The topological polar surface area (TPSA) is 87.1 Å². The van der Waals surface area contributed by atoms with Gasteiger partial charge in [0, 0.05) is 12.8 Å². The minimum atomic E-state index is -0.835. The molecule has 25 heavy (non-hydrogen) atoms. The van der Waals surface area contributed by atoms with E-state index >= 15 is 0 Å². The van der Waals surface area contributed by atoms with E-state index in [1.165, 1.54) is 5.57 Å². The van der Waals surface area contributed by atoms with Gasteiger partial charge in [0.2, 0.25) is 0 Å². The molecule has 0 radical (unpaired) electrons. The predicted molar refractivity (Wildman–Crippen MR) is 88.6 cm³/mol. The van der Waals surface area contributed by atoms with Gasteiger partial charge in [-0.1, -0.05) is 12.5 Å². The van der Waals surface area contributed by atoms with Crippen LogP contribution in [0.4, 0.5) is 0 Å². The molecule has 1 spiro atoms. The molecular formula is C20H26O5. The van der Waals surface area contributed by atoms with Crippen LogP contribution in [0.2, 0.25) is 0 Å². The molecule has 0 bridgehead atoms. The minimum Gasteiger partial charge on any atom is -0.393 e. The first-order valence-corrected chi connectivity index (χ1v) is 9.64. The Morgan fingerprint density at radius 3 is 2.88 bits per heavy atom. The number of ether oxygens (including phenoxy) is 1. The van der Waals surface area contributed by atoms with Crippen LogP contribution in [0.25, 0.3) is 0 Å². The van der Waals surface area contributed by atoms with Crippen LogP contribution in [-0.2, 0) is 14.3 Å². The molecule has 1 saturated heterocycles. The van der Waals surface area contributed by atoms with Crippen molar-refractivity contribution in [3.05, 3.63) is 11.6 Å². The number of carbonyl (C=O) groups excluding carboxylic acids is 2. The first kappa shape index (κ1) is 16.2. The molecule has 0 aromatic carbocycles. The minimum absolute atomic E-state index is 0.112. The SMILES string of the molecule is C[C@]12CCC(=O)C=C1CC[C@@H]1C2[C@@H](O)C[C@]23O[C@]2(C(=O)CO)CCC13. The first-order valence-electron chi connectivity index (χ1n) is 9.64. The van der Waals surface area contributed by atoms with Crippen molar-refractivity contribution >= 4 is 11.6 Å². The van der Waals surface area contributed by atoms with Gasteiger partial charge in [-0.05, 0) is 61.3 Å². The third-order valence-corrected chi connectivity index (χ3v) is 8.35. The van der Waals surface area contributed by atoms with Gasteiger partial charge in [-0.15, -0.1) is 0 Å². The molecule has 0 amide bonds. The van der Waals surface area contributed by atoms with Crippen LogP contribution in [0.3, 0.4) is 0 Å². The van der Waals surface area contributed by atoms with Crippen molar-refractivity contribution in [2.45, 2.75) is 69.2 Å². The zero-order valence-electron chi connectivity index (χ0n) is 14.7. The number of epoxide rings is 1. The van der Waals surface area contributed by atoms with Gasteiger partial charge in [0.15, 0.2) is 17.2 Å². The summed E-state index contributed by atoms with van der Waals surface area (Å²) in [4.78, 5) is 24.2. The number of hydrogen-bond acceptors (Lipinski definition) is 5. The lowest BCUT2D eigenvalue weighted by atomic mass is 9.48. The van der Waals surface area contributed by atoms with Gasteiger partial charge in [0.25, 0.3) is 0 Å². The maximum atomic E-state index is 12.3. The van der Waals surface area contributed by atoms with Gasteiger partial charge in [0.05, 0.1) is 6.10 Å². The number of ketones is 2. The van der Waals surface area contributed by atoms with Crippen molar-refractivity contribution in [2.75, 3.05) is 6.61 Å². The molecular weight excluding hydrogens is 320 g/mol. The van der Waals surface area contributed by atoms with E-state index in [4.69, 9.17) is 4.74 Å². The molecule has 5 rings (SSSR count). The quantitative estimate of drug-likeness (QED) is 0.741. The lowest BCUT2D eigenvalue weighted by molar-refractivity contribution is -0.127. The first-order chi connectivity index (χ1) is 11.9. The molecule has 4 aliphatic carbocycles. The number of aliphatic hydroxyl groups is 2. The Kier molecular flexibility index (Phi) is 3.11. The van der Waals surface area contributed by atoms with Crippen LogP contribution < -0.4 is 0 Å². The highest BCUT2D eigenvalue weighted by molar-refractivity contribution is 5.93. The molecule has 1 heterocycles. The van der Waals surface area contributed by atoms with Crippen LogP contribution in [-0.4, -0.2) is 45.7 Å². The predicted octanol–water partition coefficient (Wildman–Crippen LogP) is 1.55. The van der Waals surface area contributed by atoms with Crippen LogP contribution in [0, 0.1) is 23.2 Å². The monoisotopic (exact) mass is 346 g/mol. The van der Waals surface area contributed by atoms with Crippen molar-refractivity contribution in [1.29, 1.82) is 0 Å². The number of carbonyl (C=O) groups is 2. The summed E-state index contributed by atoms with van der Waals surface area (Å²) in [5.74, 6) is 0.751. The lowest BCUT2D eigenvalue weighted by Gasteiger charge is -2.56. The summed E-state index contributed by atoms with van der Waals surface area (Å²) in [7, 11) is 0. The number of allylic oxidation sites excluding steroid dienone is 1. The molecule has 136 valence electrons. The molecule has 2 unspecified atom stereocenters. The summed E-state index contributed by atoms with van der Waals surface area (Å²) in [5.41, 5.74) is -0.278. The maximum absolute atomic E-state index is 12.3. The second-order valence-corrected chi connectivity index (χ2v) is 9.10. The van der Waals surface area contributed by atoms with Crippen LogP contribution in [0.15, 0.2) is 11.6 Å². The lowest BCUT2D eigenvalue weighted by Crippen LogP contribution is -2.56. The second kappa shape index (κ2) is 4.81. The Labute approximate surface area is 147 Å². The Morgan fingerprint density at radius 2 is 2.12 bits per heavy atom. The highest BCUT2D eigenvalue weighted by Crippen LogP contribution is 2.73. The number of aliphatic hydroxyl groups excluding tert-OH is 2. The second-order valence-electron chi connectivity index (χ2n) is 9.10. The van der Waals surface area contributed by atoms with E-state index in [-0.39, 0.29) is 28.8 Å². The molecule has 0 aromatic rings. The molecule has 3 saturated carbocycles. The fourth-order valence-electron chi connectivity index (χ4n) is 7.28. The highest BCUT2D eigenvalue weighted by Gasteiger charge is 2.83. The van der Waals surface area contributed by atoms with Gasteiger partial charge >= 0.3 is 0 Å². The third-order valence-electron chi connectivity index (χ3n) is 8.35. The molecule has 5 aliphatic rings. The molecule has 5 heteroatoms. The average molecular weight is 346 g/mol. The normalized spacial score (nSPS) is 53.2. The van der Waals surface area contributed by atoms with E-state index in [0.29, 0.717) is 25.2 Å². The summed E-state index contributed by atoms with van der Waals surface area (Å²) in [6.45, 7) is 1.74. The summed E-state index contributed by atoms with van der Waals surface area (Å²) in [6, 6.07) is 0. The van der Waals surface area contributed by atoms with Crippen molar-refractivity contribution in [1.82, 2.24) is 0 Å². The Balaban J connectivity index is 1.52. The maximum Gasteiger partial charge on any atom is 0.192 e. The van der Waals surface area contributed by atoms with Crippen LogP contribution in [0.1, 0.15) is 51.9 Å². The van der Waals surface area contributed by atoms with E-state index in [0.717, 1.165) is 25.7 Å². The van der Waals surface area contributed by atoms with Crippen LogP contribution in [0.5, 0.6) is 0 Å². The van der Waals surface area contributed by atoms with Crippen LogP contribution >= 0.6 is 0 Å². The molecule has 1 aliphatic heterocycles. The van der Waals surface area contributed by atoms with E-state index < -0.39 is 23.9 Å². The smallest absolute Gasteiger partial charge is 0.192 e. The van der Waals surface area contributed by atoms with Crippen molar-refractivity contribution in [2.24, 2.45) is 23.2 Å². The average Bonchev–Trinajstić information content (AvgIpc) is 3.11. The summed E-state index contributed by atoms with van der Waals surface area (Å²) < 4.78 is 6.05. The zero-order chi connectivity index (χ0) is 17.6. The van der Waals surface area contributed by atoms with Gasteiger partial charge < -0.3 is 14.9 Å².